The molecule has 1 N–H and O–H groups in total. The van der Waals surface area contributed by atoms with E-state index in [9.17, 15) is 4.79 Å². The lowest BCUT2D eigenvalue weighted by Gasteiger charge is -2.38. The average Bonchev–Trinajstić information content (AvgIpc) is 2.62. The van der Waals surface area contributed by atoms with Crippen LogP contribution in [0, 0.1) is 5.92 Å². The first-order valence-electron chi connectivity index (χ1n) is 7.09. The van der Waals surface area contributed by atoms with Crippen LogP contribution in [-0.2, 0) is 11.3 Å². The molecule has 2 aliphatic rings. The molecule has 2 atom stereocenters. The molecule has 3 heterocycles. The van der Waals surface area contributed by atoms with Crippen molar-refractivity contribution >= 4 is 5.97 Å². The number of hydrogen-bond acceptors (Lipinski definition) is 3. The van der Waals surface area contributed by atoms with E-state index in [4.69, 9.17) is 5.11 Å². The third-order valence-corrected chi connectivity index (χ3v) is 4.56. The van der Waals surface area contributed by atoms with Crippen molar-refractivity contribution in [1.82, 2.24) is 9.88 Å². The number of carboxylic acid groups (broad SMARTS) is 1. The summed E-state index contributed by atoms with van der Waals surface area (Å²) in [5.41, 5.74) is 1.31. The Morgan fingerprint density at radius 1 is 1.26 bits per heavy atom. The van der Waals surface area contributed by atoms with Gasteiger partial charge in [0.15, 0.2) is 0 Å². The number of nitrogens with zero attached hydrogens (tertiary/aromatic N) is 2. The molecule has 0 amide bonds. The van der Waals surface area contributed by atoms with Gasteiger partial charge in [0.25, 0.3) is 0 Å². The van der Waals surface area contributed by atoms with E-state index in [2.05, 4.69) is 22.0 Å². The van der Waals surface area contributed by atoms with Gasteiger partial charge in [0.05, 0.1) is 0 Å². The number of aromatic nitrogens is 1. The molecule has 2 bridgehead atoms. The van der Waals surface area contributed by atoms with E-state index in [-0.39, 0.29) is 0 Å². The normalized spacial score (nSPS) is 30.4. The Labute approximate surface area is 113 Å². The molecule has 2 saturated heterocycles. The molecule has 1 aromatic heterocycles. The summed E-state index contributed by atoms with van der Waals surface area (Å²) < 4.78 is 0. The highest BCUT2D eigenvalue weighted by atomic mass is 16.4. The van der Waals surface area contributed by atoms with E-state index in [1.165, 1.54) is 18.4 Å². The minimum atomic E-state index is -0.646. The summed E-state index contributed by atoms with van der Waals surface area (Å²) in [6, 6.07) is 5.30. The third-order valence-electron chi connectivity index (χ3n) is 4.56. The van der Waals surface area contributed by atoms with Crippen LogP contribution in [0.25, 0.3) is 0 Å². The van der Waals surface area contributed by atoms with Crippen LogP contribution >= 0.6 is 0 Å². The number of carbonyl (C=O) groups is 1. The zero-order valence-electron chi connectivity index (χ0n) is 11.0. The van der Waals surface area contributed by atoms with Gasteiger partial charge in [-0.1, -0.05) is 0 Å². The van der Waals surface area contributed by atoms with Crippen molar-refractivity contribution in [2.24, 2.45) is 5.92 Å². The highest BCUT2D eigenvalue weighted by Gasteiger charge is 2.40. The fourth-order valence-electron chi connectivity index (χ4n) is 3.76. The molecule has 4 nitrogen and oxygen atoms in total. The van der Waals surface area contributed by atoms with Crippen molar-refractivity contribution < 1.29 is 9.90 Å². The zero-order chi connectivity index (χ0) is 13.2. The summed E-state index contributed by atoms with van der Waals surface area (Å²) in [7, 11) is 0. The lowest BCUT2D eigenvalue weighted by molar-refractivity contribution is -0.138. The average molecular weight is 260 g/mol. The summed E-state index contributed by atoms with van der Waals surface area (Å²) in [5.74, 6) is -0.268. The number of pyridine rings is 1. The molecule has 102 valence electrons. The van der Waals surface area contributed by atoms with Gasteiger partial charge in [-0.15, -0.1) is 0 Å². The van der Waals surface area contributed by atoms with Crippen LogP contribution in [0.1, 0.15) is 37.7 Å². The minimum absolute atomic E-state index is 0.343. The molecule has 0 aliphatic carbocycles. The topological polar surface area (TPSA) is 53.4 Å². The van der Waals surface area contributed by atoms with Crippen LogP contribution in [0.4, 0.5) is 0 Å². The van der Waals surface area contributed by atoms with Gasteiger partial charge >= 0.3 is 5.97 Å². The highest BCUT2D eigenvalue weighted by molar-refractivity contribution is 5.67. The van der Waals surface area contributed by atoms with E-state index >= 15 is 0 Å². The van der Waals surface area contributed by atoms with Gasteiger partial charge < -0.3 is 5.11 Å². The van der Waals surface area contributed by atoms with Crippen molar-refractivity contribution in [2.45, 2.75) is 50.7 Å². The number of carboxylic acids is 1. The summed E-state index contributed by atoms with van der Waals surface area (Å²) >= 11 is 0. The molecule has 3 rings (SSSR count). The quantitative estimate of drug-likeness (QED) is 0.902. The number of fused-ring (bicyclic) bond motifs is 2. The Hall–Kier alpha value is -1.42. The fourth-order valence-corrected chi connectivity index (χ4v) is 3.76. The molecule has 2 aliphatic heterocycles. The first-order valence-corrected chi connectivity index (χ1v) is 7.09. The monoisotopic (exact) mass is 260 g/mol. The maximum Gasteiger partial charge on any atom is 0.303 e. The van der Waals surface area contributed by atoms with Crippen LogP contribution in [0.15, 0.2) is 24.5 Å². The van der Waals surface area contributed by atoms with E-state index in [0.29, 0.717) is 24.4 Å². The number of hydrogen-bond donors (Lipinski definition) is 1. The van der Waals surface area contributed by atoms with Gasteiger partial charge in [0.2, 0.25) is 0 Å². The van der Waals surface area contributed by atoms with Gasteiger partial charge in [-0.3, -0.25) is 14.7 Å². The fraction of sp³-hybridized carbons (Fsp3) is 0.600. The van der Waals surface area contributed by atoms with E-state index in [0.717, 1.165) is 19.4 Å². The summed E-state index contributed by atoms with van der Waals surface area (Å²) in [6.45, 7) is 0.984. The molecule has 0 aromatic carbocycles. The molecule has 2 fully saturated rings. The summed E-state index contributed by atoms with van der Waals surface area (Å²) in [4.78, 5) is 17.5. The van der Waals surface area contributed by atoms with Crippen molar-refractivity contribution in [3.63, 3.8) is 0 Å². The summed E-state index contributed by atoms with van der Waals surface area (Å²) in [6.07, 6.45) is 8.58. The lowest BCUT2D eigenvalue weighted by atomic mass is 9.88. The smallest absolute Gasteiger partial charge is 0.303 e. The van der Waals surface area contributed by atoms with Crippen LogP contribution in [-0.4, -0.2) is 33.0 Å². The second-order valence-electron chi connectivity index (χ2n) is 5.85. The number of piperidine rings is 1. The standard InChI is InChI=1S/C15H20N2O2/c18-15(19)9-12-7-13-1-2-14(8-12)17(13)10-11-3-5-16-6-4-11/h3-6,12-14H,1-2,7-10H2,(H,18,19). The SMILES string of the molecule is O=C(O)CC1CC2CCC(C1)N2Cc1ccncc1. The molecule has 2 unspecified atom stereocenters. The van der Waals surface area contributed by atoms with Crippen LogP contribution in [0.2, 0.25) is 0 Å². The maximum absolute atomic E-state index is 10.9. The Kier molecular flexibility index (Phi) is 3.51. The van der Waals surface area contributed by atoms with Crippen LogP contribution in [0.5, 0.6) is 0 Å². The Bertz CT molecular complexity index is 435. The predicted molar refractivity (Wildman–Crippen MR) is 71.6 cm³/mol. The minimum Gasteiger partial charge on any atom is -0.481 e. The van der Waals surface area contributed by atoms with Crippen molar-refractivity contribution in [3.05, 3.63) is 30.1 Å². The van der Waals surface area contributed by atoms with Gasteiger partial charge in [-0.2, -0.15) is 0 Å². The van der Waals surface area contributed by atoms with Gasteiger partial charge in [-0.05, 0) is 49.3 Å². The Morgan fingerprint density at radius 3 is 2.47 bits per heavy atom. The lowest BCUT2D eigenvalue weighted by Crippen LogP contribution is -2.42. The first kappa shape index (κ1) is 12.6. The molecule has 0 saturated carbocycles. The third kappa shape index (κ3) is 2.78. The van der Waals surface area contributed by atoms with Crippen molar-refractivity contribution in [2.75, 3.05) is 0 Å². The molecule has 0 spiro atoms. The highest BCUT2D eigenvalue weighted by Crippen LogP contribution is 2.40. The molecular weight excluding hydrogens is 240 g/mol. The number of rotatable bonds is 4. The van der Waals surface area contributed by atoms with E-state index in [1.807, 2.05) is 12.4 Å². The maximum atomic E-state index is 10.9. The molecule has 4 heteroatoms. The van der Waals surface area contributed by atoms with Crippen molar-refractivity contribution in [1.29, 1.82) is 0 Å². The zero-order valence-corrected chi connectivity index (χ0v) is 11.0. The van der Waals surface area contributed by atoms with Crippen LogP contribution < -0.4 is 0 Å². The molecule has 19 heavy (non-hydrogen) atoms. The second-order valence-corrected chi connectivity index (χ2v) is 5.85. The Balaban J connectivity index is 1.65. The first-order chi connectivity index (χ1) is 9.22. The van der Waals surface area contributed by atoms with Gasteiger partial charge in [-0.25, -0.2) is 0 Å². The van der Waals surface area contributed by atoms with E-state index < -0.39 is 5.97 Å². The molecular formula is C15H20N2O2. The van der Waals surface area contributed by atoms with Gasteiger partial charge in [0.1, 0.15) is 0 Å². The van der Waals surface area contributed by atoms with Gasteiger partial charge in [0, 0.05) is 37.4 Å². The summed E-state index contributed by atoms with van der Waals surface area (Å²) in [5, 5.41) is 8.94. The molecule has 0 radical (unpaired) electrons. The predicted octanol–water partition coefficient (Wildman–Crippen LogP) is 2.30. The number of aliphatic carboxylic acids is 1. The Morgan fingerprint density at radius 2 is 1.89 bits per heavy atom. The second kappa shape index (κ2) is 5.29. The van der Waals surface area contributed by atoms with Crippen molar-refractivity contribution in [3.8, 4) is 0 Å². The van der Waals surface area contributed by atoms with Crippen LogP contribution in [0.3, 0.4) is 0 Å². The van der Waals surface area contributed by atoms with E-state index in [1.54, 1.807) is 0 Å². The largest absolute Gasteiger partial charge is 0.481 e. The molecule has 1 aromatic rings.